The van der Waals surface area contributed by atoms with Crippen LogP contribution in [0.25, 0.3) is 0 Å². The smallest absolute Gasteiger partial charge is 0.120 e. The Labute approximate surface area is 133 Å². The fraction of sp³-hybridized carbons (Fsp3) is 0.400. The fourth-order valence-electron chi connectivity index (χ4n) is 2.54. The maximum atomic E-state index is 10.5. The highest BCUT2D eigenvalue weighted by Gasteiger charge is 2.16. The topological polar surface area (TPSA) is 29.5 Å². The highest BCUT2D eigenvalue weighted by molar-refractivity contribution is 5.30. The molecular formula is C20H26O2. The van der Waals surface area contributed by atoms with Crippen LogP contribution in [-0.4, -0.2) is 5.11 Å². The van der Waals surface area contributed by atoms with Crippen molar-refractivity contribution in [3.63, 3.8) is 0 Å². The SMILES string of the molecule is CCCCC(C)C(O)c1cccc(OCc2ccccc2)c1. The lowest BCUT2D eigenvalue weighted by atomic mass is 9.93. The minimum absolute atomic E-state index is 0.268. The lowest BCUT2D eigenvalue weighted by molar-refractivity contribution is 0.111. The number of hydrogen-bond acceptors (Lipinski definition) is 2. The zero-order valence-electron chi connectivity index (χ0n) is 13.5. The van der Waals surface area contributed by atoms with Crippen molar-refractivity contribution in [1.82, 2.24) is 0 Å². The third-order valence-corrected chi connectivity index (χ3v) is 4.00. The zero-order valence-corrected chi connectivity index (χ0v) is 13.5. The summed E-state index contributed by atoms with van der Waals surface area (Å²) in [5.41, 5.74) is 2.08. The van der Waals surface area contributed by atoms with Crippen molar-refractivity contribution in [2.75, 3.05) is 0 Å². The first-order chi connectivity index (χ1) is 10.7. The number of rotatable bonds is 8. The first-order valence-electron chi connectivity index (χ1n) is 8.15. The zero-order chi connectivity index (χ0) is 15.8. The van der Waals surface area contributed by atoms with Crippen LogP contribution in [-0.2, 0) is 6.61 Å². The molecule has 0 bridgehead atoms. The molecule has 0 aliphatic rings. The van der Waals surface area contributed by atoms with Crippen LogP contribution in [0.1, 0.15) is 50.3 Å². The summed E-state index contributed by atoms with van der Waals surface area (Å²) in [6.45, 7) is 4.83. The second-order valence-electron chi connectivity index (χ2n) is 5.91. The molecule has 0 aliphatic heterocycles. The van der Waals surface area contributed by atoms with Crippen molar-refractivity contribution in [3.05, 3.63) is 65.7 Å². The summed E-state index contributed by atoms with van der Waals surface area (Å²) in [4.78, 5) is 0. The first kappa shape index (κ1) is 16.6. The van der Waals surface area contributed by atoms with E-state index in [1.165, 1.54) is 0 Å². The summed E-state index contributed by atoms with van der Waals surface area (Å²) >= 11 is 0. The first-order valence-corrected chi connectivity index (χ1v) is 8.15. The Balaban J connectivity index is 1.97. The van der Waals surface area contributed by atoms with Crippen molar-refractivity contribution in [1.29, 1.82) is 0 Å². The largest absolute Gasteiger partial charge is 0.489 e. The van der Waals surface area contributed by atoms with E-state index in [4.69, 9.17) is 4.74 Å². The van der Waals surface area contributed by atoms with Gasteiger partial charge in [-0.3, -0.25) is 0 Å². The minimum Gasteiger partial charge on any atom is -0.489 e. The van der Waals surface area contributed by atoms with Gasteiger partial charge >= 0.3 is 0 Å². The Hall–Kier alpha value is -1.80. The molecule has 2 heteroatoms. The van der Waals surface area contributed by atoms with Crippen LogP contribution < -0.4 is 4.74 Å². The Kier molecular flexibility index (Phi) is 6.47. The van der Waals surface area contributed by atoms with Crippen LogP contribution >= 0.6 is 0 Å². The average Bonchev–Trinajstić information content (AvgIpc) is 2.58. The molecule has 2 rings (SSSR count). The molecule has 0 aliphatic carbocycles. The van der Waals surface area contributed by atoms with Crippen molar-refractivity contribution in [2.45, 2.75) is 45.8 Å². The number of aliphatic hydroxyl groups is 1. The quantitative estimate of drug-likeness (QED) is 0.732. The van der Waals surface area contributed by atoms with E-state index in [2.05, 4.69) is 13.8 Å². The van der Waals surface area contributed by atoms with Gasteiger partial charge in [0.05, 0.1) is 6.10 Å². The number of ether oxygens (including phenoxy) is 1. The predicted molar refractivity (Wildman–Crippen MR) is 90.9 cm³/mol. The second-order valence-corrected chi connectivity index (χ2v) is 5.91. The number of unbranched alkanes of at least 4 members (excludes halogenated alkanes) is 1. The standard InChI is InChI=1S/C20H26O2/c1-3-4-9-16(2)20(21)18-12-8-13-19(14-18)22-15-17-10-6-5-7-11-17/h5-8,10-14,16,20-21H,3-4,9,15H2,1-2H3. The highest BCUT2D eigenvalue weighted by Crippen LogP contribution is 2.28. The molecule has 2 unspecified atom stereocenters. The summed E-state index contributed by atoms with van der Waals surface area (Å²) in [6.07, 6.45) is 2.94. The summed E-state index contributed by atoms with van der Waals surface area (Å²) in [5.74, 6) is 1.08. The normalized spacial score (nSPS) is 13.6. The van der Waals surface area contributed by atoms with Crippen LogP contribution in [0.2, 0.25) is 0 Å². The van der Waals surface area contributed by atoms with Gasteiger partial charge in [-0.15, -0.1) is 0 Å². The van der Waals surface area contributed by atoms with E-state index in [0.717, 1.165) is 36.1 Å². The summed E-state index contributed by atoms with van der Waals surface area (Å²) < 4.78 is 5.83. The number of hydrogen-bond donors (Lipinski definition) is 1. The Morgan fingerprint density at radius 1 is 1.05 bits per heavy atom. The summed E-state index contributed by atoms with van der Waals surface area (Å²) in [7, 11) is 0. The Morgan fingerprint density at radius 2 is 1.82 bits per heavy atom. The van der Waals surface area contributed by atoms with Crippen LogP contribution in [0.5, 0.6) is 5.75 Å². The lowest BCUT2D eigenvalue weighted by Gasteiger charge is -2.19. The van der Waals surface area contributed by atoms with Gasteiger partial charge < -0.3 is 9.84 Å². The highest BCUT2D eigenvalue weighted by atomic mass is 16.5. The van der Waals surface area contributed by atoms with Gasteiger partial charge in [-0.1, -0.05) is 69.2 Å². The van der Waals surface area contributed by atoms with Crippen molar-refractivity contribution in [3.8, 4) is 5.75 Å². The van der Waals surface area contributed by atoms with Crippen LogP contribution in [0, 0.1) is 5.92 Å². The Morgan fingerprint density at radius 3 is 2.55 bits per heavy atom. The summed E-state index contributed by atoms with van der Waals surface area (Å²) in [5, 5.41) is 10.5. The van der Waals surface area contributed by atoms with E-state index in [0.29, 0.717) is 6.61 Å². The van der Waals surface area contributed by atoms with Gasteiger partial charge in [0.15, 0.2) is 0 Å². The van der Waals surface area contributed by atoms with E-state index in [1.807, 2.05) is 54.6 Å². The molecule has 118 valence electrons. The van der Waals surface area contributed by atoms with Gasteiger partial charge in [0.2, 0.25) is 0 Å². The predicted octanol–water partition coefficient (Wildman–Crippen LogP) is 5.13. The Bertz CT molecular complexity index is 551. The number of benzene rings is 2. The van der Waals surface area contributed by atoms with Gasteiger partial charge in [-0.2, -0.15) is 0 Å². The number of aliphatic hydroxyl groups excluding tert-OH is 1. The molecule has 2 nitrogen and oxygen atoms in total. The van der Waals surface area contributed by atoms with E-state index >= 15 is 0 Å². The van der Waals surface area contributed by atoms with E-state index in [-0.39, 0.29) is 5.92 Å². The summed E-state index contributed by atoms with van der Waals surface area (Å²) in [6, 6.07) is 17.9. The molecule has 1 N–H and O–H groups in total. The molecular weight excluding hydrogens is 272 g/mol. The van der Waals surface area contributed by atoms with Crippen LogP contribution in [0.3, 0.4) is 0 Å². The molecule has 2 aromatic rings. The molecule has 0 saturated heterocycles. The van der Waals surface area contributed by atoms with E-state index < -0.39 is 6.10 Å². The van der Waals surface area contributed by atoms with Crippen molar-refractivity contribution in [2.24, 2.45) is 5.92 Å². The van der Waals surface area contributed by atoms with Gasteiger partial charge in [-0.25, -0.2) is 0 Å². The van der Waals surface area contributed by atoms with Crippen molar-refractivity contribution >= 4 is 0 Å². The minimum atomic E-state index is -0.424. The second kappa shape index (κ2) is 8.60. The van der Waals surface area contributed by atoms with E-state index in [1.54, 1.807) is 0 Å². The molecule has 0 fully saturated rings. The molecule has 2 atom stereocenters. The average molecular weight is 298 g/mol. The van der Waals surface area contributed by atoms with E-state index in [9.17, 15) is 5.11 Å². The third kappa shape index (κ3) is 4.88. The van der Waals surface area contributed by atoms with Gasteiger partial charge in [0.25, 0.3) is 0 Å². The monoisotopic (exact) mass is 298 g/mol. The van der Waals surface area contributed by atoms with Gasteiger partial charge in [0.1, 0.15) is 12.4 Å². The molecule has 0 heterocycles. The van der Waals surface area contributed by atoms with Crippen LogP contribution in [0.4, 0.5) is 0 Å². The molecule has 0 aromatic heterocycles. The van der Waals surface area contributed by atoms with Gasteiger partial charge in [0, 0.05) is 0 Å². The maximum Gasteiger partial charge on any atom is 0.120 e. The molecule has 0 saturated carbocycles. The molecule has 0 amide bonds. The molecule has 0 spiro atoms. The molecule has 0 radical (unpaired) electrons. The fourth-order valence-corrected chi connectivity index (χ4v) is 2.54. The maximum absolute atomic E-state index is 10.5. The van der Waals surface area contributed by atoms with Crippen molar-refractivity contribution < 1.29 is 9.84 Å². The van der Waals surface area contributed by atoms with Crippen LogP contribution in [0.15, 0.2) is 54.6 Å². The molecule has 22 heavy (non-hydrogen) atoms. The third-order valence-electron chi connectivity index (χ3n) is 4.00. The molecule has 2 aromatic carbocycles. The van der Waals surface area contributed by atoms with Gasteiger partial charge in [-0.05, 0) is 35.6 Å². The lowest BCUT2D eigenvalue weighted by Crippen LogP contribution is -2.09.